The Bertz CT molecular complexity index is 1160. The molecule has 10 heteroatoms. The number of benzene rings is 1. The number of aryl methyl sites for hydroxylation is 1. The Labute approximate surface area is 190 Å². The number of rotatable bonds is 5. The third-order valence-electron chi connectivity index (χ3n) is 6.31. The molecule has 5 rings (SSSR count). The minimum absolute atomic E-state index is 0. The molecule has 3 aromatic rings. The molecule has 8 nitrogen and oxygen atoms in total. The first-order valence-corrected chi connectivity index (χ1v) is 11.6. The number of amides is 1. The Morgan fingerprint density at radius 3 is 2.69 bits per heavy atom. The van der Waals surface area contributed by atoms with Gasteiger partial charge in [-0.2, -0.15) is 0 Å². The maximum absolute atomic E-state index is 13.3. The number of fused-ring (bicyclic) bond motifs is 1. The van der Waals surface area contributed by atoms with E-state index in [1.54, 1.807) is 6.20 Å². The highest BCUT2D eigenvalue weighted by atomic mass is 32.2. The van der Waals surface area contributed by atoms with Crippen molar-refractivity contribution in [2.45, 2.75) is 37.5 Å². The van der Waals surface area contributed by atoms with Crippen molar-refractivity contribution >= 4 is 29.2 Å². The normalized spacial score (nSPS) is 23.7. The molecule has 1 aliphatic heterocycles. The highest BCUT2D eigenvalue weighted by molar-refractivity contribution is 7.98. The van der Waals surface area contributed by atoms with Gasteiger partial charge in [-0.05, 0) is 49.1 Å². The van der Waals surface area contributed by atoms with Crippen molar-refractivity contribution in [1.82, 2.24) is 25.1 Å². The van der Waals surface area contributed by atoms with Crippen molar-refractivity contribution in [1.29, 1.82) is 0 Å². The van der Waals surface area contributed by atoms with E-state index in [9.17, 15) is 9.18 Å². The van der Waals surface area contributed by atoms with Crippen LogP contribution in [0.25, 0.3) is 11.4 Å². The summed E-state index contributed by atoms with van der Waals surface area (Å²) in [6.45, 7) is 4.12. The maximum atomic E-state index is 13.3. The van der Waals surface area contributed by atoms with E-state index in [2.05, 4.69) is 42.3 Å². The molecule has 1 aromatic carbocycles. The molecule has 3 heterocycles. The van der Waals surface area contributed by atoms with Crippen molar-refractivity contribution in [2.24, 2.45) is 11.8 Å². The van der Waals surface area contributed by atoms with Gasteiger partial charge in [-0.25, -0.2) is 19.3 Å². The van der Waals surface area contributed by atoms with Crippen LogP contribution in [-0.2, 0) is 4.79 Å². The monoisotopic (exact) mass is 453 g/mol. The Morgan fingerprint density at radius 2 is 2.00 bits per heavy atom. The van der Waals surface area contributed by atoms with Gasteiger partial charge in [-0.3, -0.25) is 4.79 Å². The molecule has 32 heavy (non-hydrogen) atoms. The number of nitrogens with zero attached hydrogens (tertiary/aromatic N) is 6. The Kier molecular flexibility index (Phi) is 5.24. The van der Waals surface area contributed by atoms with Gasteiger partial charge >= 0.3 is 0 Å². The number of carbonyl (C=O) groups excluding carboxylic acids is 1. The first-order chi connectivity index (χ1) is 15.5. The fourth-order valence-electron chi connectivity index (χ4n) is 4.55. The van der Waals surface area contributed by atoms with Gasteiger partial charge in [0.05, 0.1) is 18.6 Å². The lowest BCUT2D eigenvalue weighted by Gasteiger charge is -2.28. The molecular formula is C22H24FN7OS. The number of piperidine rings is 1. The molecule has 166 valence electrons. The topological polar surface area (TPSA) is 96.8 Å². The molecule has 1 saturated carbocycles. The molecule has 0 spiro atoms. The molecule has 4 atom stereocenters. The molecule has 1 amide bonds. The number of hydrogen-bond donors (Lipinski definition) is 1. The van der Waals surface area contributed by atoms with E-state index in [0.717, 1.165) is 29.9 Å². The summed E-state index contributed by atoms with van der Waals surface area (Å²) in [6.07, 6.45) is 6.63. The van der Waals surface area contributed by atoms with Gasteiger partial charge in [0, 0.05) is 18.7 Å². The first kappa shape index (κ1) is 20.7. The Balaban J connectivity index is 0.00000259. The Hall–Kier alpha value is -3.14. The molecular weight excluding hydrogens is 429 g/mol. The second-order valence-electron chi connectivity index (χ2n) is 8.22. The number of nitrogens with one attached hydrogen (secondary N) is 1. The van der Waals surface area contributed by atoms with E-state index in [0.29, 0.717) is 34.3 Å². The number of halogens is 1. The molecule has 2 aliphatic rings. The van der Waals surface area contributed by atoms with Crippen LogP contribution in [-0.4, -0.2) is 49.4 Å². The van der Waals surface area contributed by atoms with Crippen molar-refractivity contribution in [3.8, 4) is 11.4 Å². The van der Waals surface area contributed by atoms with Crippen molar-refractivity contribution in [3.05, 3.63) is 48.2 Å². The van der Waals surface area contributed by atoms with Gasteiger partial charge in [0.2, 0.25) is 11.1 Å². The predicted molar refractivity (Wildman–Crippen MR) is 122 cm³/mol. The molecule has 3 unspecified atom stereocenters. The third kappa shape index (κ3) is 3.68. The fraction of sp³-hybridized carbons (Fsp3) is 0.364. The van der Waals surface area contributed by atoms with Gasteiger partial charge in [0.25, 0.3) is 0 Å². The number of carbonyl (C=O) groups is 1. The number of anilines is 2. The van der Waals surface area contributed by atoms with E-state index in [1.807, 2.05) is 31.4 Å². The third-order valence-corrected chi connectivity index (χ3v) is 6.86. The van der Waals surface area contributed by atoms with Crippen molar-refractivity contribution < 1.29 is 10.6 Å². The van der Waals surface area contributed by atoms with Crippen molar-refractivity contribution in [3.63, 3.8) is 0 Å². The van der Waals surface area contributed by atoms with Gasteiger partial charge in [-0.1, -0.05) is 24.8 Å². The molecule has 2 fully saturated rings. The quantitative estimate of drug-likeness (QED) is 0.586. The van der Waals surface area contributed by atoms with Crippen LogP contribution in [0.3, 0.4) is 0 Å². The van der Waals surface area contributed by atoms with Crippen LogP contribution in [0.15, 0.2) is 41.9 Å². The number of aromatic nitrogens is 5. The molecule has 0 radical (unpaired) electrons. The summed E-state index contributed by atoms with van der Waals surface area (Å²) in [5, 5.41) is 12.1. The first-order valence-electron chi connectivity index (χ1n) is 10.4. The zero-order valence-electron chi connectivity index (χ0n) is 17.9. The van der Waals surface area contributed by atoms with Crippen molar-refractivity contribution in [2.75, 3.05) is 16.5 Å². The minimum Gasteiger partial charge on any atom is -0.338 e. The van der Waals surface area contributed by atoms with Gasteiger partial charge < -0.3 is 10.2 Å². The molecule has 2 aromatic heterocycles. The van der Waals surface area contributed by atoms with Gasteiger partial charge in [-0.15, -0.1) is 10.2 Å². The lowest BCUT2D eigenvalue weighted by molar-refractivity contribution is -0.117. The standard InChI is InChI=1S/C22H22FN7OS.H2/c1-11-4-5-14(6-15(11)20-24-8-13(23)9-25-20)27-21(31)17-7-16-12(2)19(16)30(17)18-10-26-22(32-3)29-28-18;/h4-6,8-10,12,16-17,19H,7H2,1-3H3,(H,27,31);1H/t12?,16?,17-,19?;/m1./s1. The van der Waals surface area contributed by atoms with E-state index >= 15 is 0 Å². The van der Waals surface area contributed by atoms with Crippen LogP contribution in [0.1, 0.15) is 20.3 Å². The van der Waals surface area contributed by atoms with E-state index in [1.165, 1.54) is 11.8 Å². The van der Waals surface area contributed by atoms with E-state index in [-0.39, 0.29) is 19.4 Å². The van der Waals surface area contributed by atoms with Crippen LogP contribution < -0.4 is 10.2 Å². The SMILES string of the molecule is CSc1ncc(N2C3C(C)C3C[C@@H]2C(=O)Nc2ccc(C)c(-c3ncc(F)cn3)c2)nn1.[HH]. The second kappa shape index (κ2) is 8.09. The molecule has 0 bridgehead atoms. The van der Waals surface area contributed by atoms with Crippen LogP contribution in [0, 0.1) is 24.6 Å². The van der Waals surface area contributed by atoms with Crippen LogP contribution in [0.4, 0.5) is 15.9 Å². The smallest absolute Gasteiger partial charge is 0.247 e. The zero-order valence-corrected chi connectivity index (χ0v) is 18.7. The molecule has 1 N–H and O–H groups in total. The highest BCUT2D eigenvalue weighted by Gasteiger charge is 2.60. The zero-order chi connectivity index (χ0) is 22.4. The second-order valence-corrected chi connectivity index (χ2v) is 8.99. The summed E-state index contributed by atoms with van der Waals surface area (Å²) in [6, 6.07) is 5.49. The summed E-state index contributed by atoms with van der Waals surface area (Å²) < 4.78 is 13.2. The van der Waals surface area contributed by atoms with E-state index in [4.69, 9.17) is 0 Å². The largest absolute Gasteiger partial charge is 0.338 e. The fourth-order valence-corrected chi connectivity index (χ4v) is 4.83. The average Bonchev–Trinajstić information content (AvgIpc) is 3.24. The summed E-state index contributed by atoms with van der Waals surface area (Å²) in [5.74, 6) is 1.43. The van der Waals surface area contributed by atoms with Gasteiger partial charge in [0.15, 0.2) is 17.5 Å². The molecule has 1 aliphatic carbocycles. The average molecular weight is 454 g/mol. The minimum atomic E-state index is -0.492. The molecule has 1 saturated heterocycles. The summed E-state index contributed by atoms with van der Waals surface area (Å²) in [5.41, 5.74) is 2.31. The van der Waals surface area contributed by atoms with Crippen LogP contribution in [0.5, 0.6) is 0 Å². The summed E-state index contributed by atoms with van der Waals surface area (Å²) in [7, 11) is 0. The summed E-state index contributed by atoms with van der Waals surface area (Å²) >= 11 is 1.43. The highest BCUT2D eigenvalue weighted by Crippen LogP contribution is 2.54. The lowest BCUT2D eigenvalue weighted by atomic mass is 10.1. The van der Waals surface area contributed by atoms with Gasteiger partial charge in [0.1, 0.15) is 6.04 Å². The number of thioether (sulfide) groups is 1. The Morgan fingerprint density at radius 1 is 1.22 bits per heavy atom. The van der Waals surface area contributed by atoms with Crippen LogP contribution in [0.2, 0.25) is 0 Å². The van der Waals surface area contributed by atoms with Crippen LogP contribution >= 0.6 is 11.8 Å². The predicted octanol–water partition coefficient (Wildman–Crippen LogP) is 3.60. The van der Waals surface area contributed by atoms with E-state index < -0.39 is 5.82 Å². The maximum Gasteiger partial charge on any atom is 0.247 e. The summed E-state index contributed by atoms with van der Waals surface area (Å²) in [4.78, 5) is 27.8. The number of hydrogen-bond acceptors (Lipinski definition) is 8. The lowest BCUT2D eigenvalue weighted by Crippen LogP contribution is -2.43.